The van der Waals surface area contributed by atoms with Crippen molar-refractivity contribution >= 4 is 17.7 Å². The molecule has 1 heterocycles. The molecule has 2 fully saturated rings. The van der Waals surface area contributed by atoms with E-state index >= 15 is 0 Å². The number of piperazine rings is 1. The Labute approximate surface area is 199 Å². The number of rotatable bonds is 10. The lowest BCUT2D eigenvalue weighted by Gasteiger charge is -2.43. The van der Waals surface area contributed by atoms with Gasteiger partial charge in [-0.3, -0.25) is 14.8 Å². The van der Waals surface area contributed by atoms with Crippen molar-refractivity contribution in [3.05, 3.63) is 23.8 Å². The Morgan fingerprint density at radius 2 is 2.06 bits per heavy atom. The minimum Gasteiger partial charge on any atom is -0.488 e. The summed E-state index contributed by atoms with van der Waals surface area (Å²) in [6, 6.07) is 4.95. The molecule has 0 amide bonds. The van der Waals surface area contributed by atoms with E-state index in [0.717, 1.165) is 12.8 Å². The maximum atomic E-state index is 12.6. The maximum absolute atomic E-state index is 12.6. The zero-order valence-corrected chi connectivity index (χ0v) is 20.2. The van der Waals surface area contributed by atoms with Crippen molar-refractivity contribution in [2.45, 2.75) is 76.4 Å². The van der Waals surface area contributed by atoms with Crippen LogP contribution >= 0.6 is 0 Å². The van der Waals surface area contributed by atoms with Crippen LogP contribution in [0.5, 0.6) is 5.75 Å². The number of aliphatic imine (C=N–C) groups is 1. The van der Waals surface area contributed by atoms with Crippen LogP contribution in [-0.4, -0.2) is 77.9 Å². The highest BCUT2D eigenvalue weighted by Crippen LogP contribution is 2.40. The number of ether oxygens (including phenoxy) is 1. The van der Waals surface area contributed by atoms with Crippen LogP contribution in [0.4, 0.5) is 18.9 Å². The average molecular weight is 483 g/mol. The summed E-state index contributed by atoms with van der Waals surface area (Å²) in [5.74, 6) is 0.682. The van der Waals surface area contributed by atoms with Crippen molar-refractivity contribution in [1.29, 1.82) is 5.41 Å². The minimum atomic E-state index is -4.14. The molecule has 0 radical (unpaired) electrons. The van der Waals surface area contributed by atoms with Gasteiger partial charge in [0.1, 0.15) is 11.4 Å². The molecule has 3 atom stereocenters. The van der Waals surface area contributed by atoms with E-state index in [4.69, 9.17) is 21.6 Å². The van der Waals surface area contributed by atoms with E-state index in [-0.39, 0.29) is 29.9 Å². The number of benzene rings is 1. The van der Waals surface area contributed by atoms with E-state index in [2.05, 4.69) is 23.7 Å². The van der Waals surface area contributed by atoms with Gasteiger partial charge >= 0.3 is 6.18 Å². The fraction of sp³-hybridized carbons (Fsp3) is 0.667. The first kappa shape index (κ1) is 26.3. The van der Waals surface area contributed by atoms with Crippen molar-refractivity contribution in [2.24, 2.45) is 10.7 Å². The highest BCUT2D eigenvalue weighted by atomic mass is 19.4. The summed E-state index contributed by atoms with van der Waals surface area (Å²) in [6.45, 7) is 8.00. The fourth-order valence-electron chi connectivity index (χ4n) is 4.43. The molecule has 2 aliphatic rings. The molecule has 10 heteroatoms. The molecular weight excluding hydrogens is 445 g/mol. The summed E-state index contributed by atoms with van der Waals surface area (Å²) in [7, 11) is 0. The van der Waals surface area contributed by atoms with Gasteiger partial charge in [0.15, 0.2) is 0 Å². The van der Waals surface area contributed by atoms with E-state index in [1.54, 1.807) is 12.1 Å². The second-order valence-corrected chi connectivity index (χ2v) is 9.86. The summed E-state index contributed by atoms with van der Waals surface area (Å²) in [5, 5.41) is 8.83. The van der Waals surface area contributed by atoms with Gasteiger partial charge in [0.25, 0.3) is 0 Å². The number of anilines is 1. The van der Waals surface area contributed by atoms with Crippen molar-refractivity contribution in [1.82, 2.24) is 9.80 Å². The van der Waals surface area contributed by atoms with Gasteiger partial charge in [0.2, 0.25) is 0 Å². The molecule has 0 spiro atoms. The third kappa shape index (κ3) is 7.09. The van der Waals surface area contributed by atoms with Crippen LogP contribution in [0.2, 0.25) is 0 Å². The predicted molar refractivity (Wildman–Crippen MR) is 130 cm³/mol. The molecule has 7 nitrogen and oxygen atoms in total. The number of hydrogen-bond acceptors (Lipinski definition) is 6. The van der Waals surface area contributed by atoms with Gasteiger partial charge in [-0.25, -0.2) is 0 Å². The lowest BCUT2D eigenvalue weighted by molar-refractivity contribution is -0.140. The van der Waals surface area contributed by atoms with Gasteiger partial charge < -0.3 is 21.6 Å². The van der Waals surface area contributed by atoms with E-state index < -0.39 is 18.6 Å². The Kier molecular flexibility index (Phi) is 8.13. The lowest BCUT2D eigenvalue weighted by atomic mass is 9.95. The van der Waals surface area contributed by atoms with Crippen molar-refractivity contribution in [3.8, 4) is 5.75 Å². The monoisotopic (exact) mass is 482 g/mol. The number of hydrogen-bond donors (Lipinski definition) is 3. The van der Waals surface area contributed by atoms with Gasteiger partial charge in [-0.2, -0.15) is 13.2 Å². The Morgan fingerprint density at radius 1 is 1.35 bits per heavy atom. The summed E-state index contributed by atoms with van der Waals surface area (Å²) in [4.78, 5) is 8.49. The Balaban J connectivity index is 1.63. The lowest BCUT2D eigenvalue weighted by Crippen LogP contribution is -2.55. The molecule has 3 rings (SSSR count). The molecule has 1 aliphatic heterocycles. The van der Waals surface area contributed by atoms with Gasteiger partial charge in [0.05, 0.1) is 24.5 Å². The van der Waals surface area contributed by atoms with Crippen LogP contribution in [0, 0.1) is 5.41 Å². The molecule has 3 unspecified atom stereocenters. The quantitative estimate of drug-likeness (QED) is 0.268. The highest BCUT2D eigenvalue weighted by molar-refractivity contribution is 6.06. The van der Waals surface area contributed by atoms with Crippen LogP contribution in [0.1, 0.15) is 52.0 Å². The molecule has 34 heavy (non-hydrogen) atoms. The Morgan fingerprint density at radius 3 is 2.65 bits per heavy atom. The first-order valence-electron chi connectivity index (χ1n) is 11.9. The molecular formula is C24H37F3N6O. The minimum absolute atomic E-state index is 0.0164. The zero-order valence-electron chi connectivity index (χ0n) is 20.2. The first-order chi connectivity index (χ1) is 15.9. The number of halogens is 3. The maximum Gasteiger partial charge on any atom is 0.390 e. The average Bonchev–Trinajstić information content (AvgIpc) is 3.49. The van der Waals surface area contributed by atoms with Crippen molar-refractivity contribution in [3.63, 3.8) is 0 Å². The largest absolute Gasteiger partial charge is 0.488 e. The second-order valence-electron chi connectivity index (χ2n) is 9.86. The van der Waals surface area contributed by atoms with Crippen LogP contribution < -0.4 is 16.2 Å². The number of nitrogen functional groups attached to an aromatic ring is 1. The summed E-state index contributed by atoms with van der Waals surface area (Å²) >= 11 is 0. The standard InChI is InChI=1S/C24H37F3N6O/c1-16(33-11-10-32(17(2)14-33)9-8-24(25,26)27)12-21(31-15-28)22(30)19-13-18(4-5-20(19)29)34-23(3)6-7-23/h4-5,13,15-17,21,30H,6-12,14,29H2,1-3H3,(H2,28,31). The summed E-state index contributed by atoms with van der Waals surface area (Å²) in [5.41, 5.74) is 13.0. The molecule has 5 N–H and O–H groups in total. The molecule has 1 aromatic rings. The molecule has 0 bridgehead atoms. The topological polar surface area (TPSA) is 104 Å². The van der Waals surface area contributed by atoms with Crippen molar-refractivity contribution in [2.75, 3.05) is 31.9 Å². The zero-order chi connectivity index (χ0) is 25.1. The van der Waals surface area contributed by atoms with Gasteiger partial charge in [-0.15, -0.1) is 0 Å². The predicted octanol–water partition coefficient (Wildman–Crippen LogP) is 3.66. The van der Waals surface area contributed by atoms with Gasteiger partial charge in [-0.1, -0.05) is 0 Å². The molecule has 0 aromatic heterocycles. The van der Waals surface area contributed by atoms with Gasteiger partial charge in [0, 0.05) is 49.5 Å². The number of nitrogens with zero attached hydrogens (tertiary/aromatic N) is 3. The normalized spacial score (nSPS) is 23.1. The third-order valence-corrected chi connectivity index (χ3v) is 6.90. The number of alkyl halides is 3. The molecule has 190 valence electrons. The van der Waals surface area contributed by atoms with Crippen LogP contribution in [0.3, 0.4) is 0 Å². The van der Waals surface area contributed by atoms with Gasteiger partial charge in [-0.05, 0) is 58.2 Å². The van der Waals surface area contributed by atoms with Crippen LogP contribution in [0.25, 0.3) is 0 Å². The van der Waals surface area contributed by atoms with E-state index in [1.165, 1.54) is 6.34 Å². The van der Waals surface area contributed by atoms with Crippen LogP contribution in [-0.2, 0) is 0 Å². The molecule has 1 saturated heterocycles. The SMILES string of the molecule is CC1CN(C(C)CC(N=CN)C(=N)c2cc(OC3(C)CC3)ccc2N)CCN1CCC(F)(F)F. The Hall–Kier alpha value is -2.33. The highest BCUT2D eigenvalue weighted by Gasteiger charge is 2.40. The molecule has 1 aromatic carbocycles. The Bertz CT molecular complexity index is 886. The molecule has 1 aliphatic carbocycles. The van der Waals surface area contributed by atoms with Crippen molar-refractivity contribution < 1.29 is 17.9 Å². The first-order valence-corrected chi connectivity index (χ1v) is 11.9. The second kappa shape index (κ2) is 10.5. The number of nitrogens with one attached hydrogen (secondary N) is 1. The summed E-state index contributed by atoms with van der Waals surface area (Å²) in [6.07, 6.45) is -1.16. The van der Waals surface area contributed by atoms with E-state index in [1.807, 2.05) is 17.9 Å². The number of nitrogens with two attached hydrogens (primary N) is 2. The van der Waals surface area contributed by atoms with E-state index in [9.17, 15) is 13.2 Å². The third-order valence-electron chi connectivity index (χ3n) is 6.90. The smallest absolute Gasteiger partial charge is 0.390 e. The van der Waals surface area contributed by atoms with Crippen LogP contribution in [0.15, 0.2) is 23.2 Å². The molecule has 1 saturated carbocycles. The van der Waals surface area contributed by atoms with E-state index in [0.29, 0.717) is 43.1 Å². The summed E-state index contributed by atoms with van der Waals surface area (Å²) < 4.78 is 43.9. The fourth-order valence-corrected chi connectivity index (χ4v) is 4.43.